The van der Waals surface area contributed by atoms with Gasteiger partial charge in [-0.3, -0.25) is 4.98 Å². The predicted molar refractivity (Wildman–Crippen MR) is 227 cm³/mol. The highest BCUT2D eigenvalue weighted by molar-refractivity contribution is 6.21. The van der Waals surface area contributed by atoms with Gasteiger partial charge in [0.1, 0.15) is 22.3 Å². The van der Waals surface area contributed by atoms with Gasteiger partial charge in [0.2, 0.25) is 0 Å². The smallest absolute Gasteiger partial charge is 0.160 e. The fourth-order valence-electron chi connectivity index (χ4n) is 7.96. The molecule has 11 rings (SSSR count). The van der Waals surface area contributed by atoms with Crippen molar-refractivity contribution in [3.05, 3.63) is 188 Å². The predicted octanol–water partition coefficient (Wildman–Crippen LogP) is 13.7. The molecule has 0 fully saturated rings. The van der Waals surface area contributed by atoms with Crippen LogP contribution >= 0.6 is 0 Å². The van der Waals surface area contributed by atoms with Gasteiger partial charge in [0, 0.05) is 56.2 Å². The molecule has 5 heteroatoms. The number of aromatic nitrogens is 3. The van der Waals surface area contributed by atoms with Gasteiger partial charge < -0.3 is 8.83 Å². The number of nitrogens with zero attached hydrogens (tertiary/aromatic N) is 3. The third kappa shape index (κ3) is 5.37. The van der Waals surface area contributed by atoms with Crippen LogP contribution in [0.2, 0.25) is 0 Å². The van der Waals surface area contributed by atoms with E-state index in [0.717, 1.165) is 105 Å². The fraction of sp³-hybridized carbons (Fsp3) is 0. The van der Waals surface area contributed by atoms with Crippen LogP contribution in [0.5, 0.6) is 0 Å². The lowest BCUT2D eigenvalue weighted by atomic mass is 9.92. The van der Waals surface area contributed by atoms with Gasteiger partial charge in [-0.15, -0.1) is 0 Å². The van der Waals surface area contributed by atoms with Gasteiger partial charge in [-0.25, -0.2) is 9.97 Å². The van der Waals surface area contributed by atoms with Crippen molar-refractivity contribution in [3.63, 3.8) is 0 Å². The Morgan fingerprint density at radius 1 is 0.339 bits per heavy atom. The van der Waals surface area contributed by atoms with Crippen LogP contribution in [0, 0.1) is 0 Å². The lowest BCUT2D eigenvalue weighted by Crippen LogP contribution is -1.96. The molecule has 4 heterocycles. The summed E-state index contributed by atoms with van der Waals surface area (Å²) in [7, 11) is 0. The number of hydrogen-bond donors (Lipinski definition) is 0. The van der Waals surface area contributed by atoms with Gasteiger partial charge in [-0.05, 0) is 76.3 Å². The molecule has 4 aromatic heterocycles. The van der Waals surface area contributed by atoms with E-state index < -0.39 is 0 Å². The van der Waals surface area contributed by atoms with Crippen molar-refractivity contribution in [2.45, 2.75) is 0 Å². The zero-order valence-electron chi connectivity index (χ0n) is 30.1. The molecule has 0 aliphatic heterocycles. The standard InChI is InChI=1S/C51H31N3O2/c1-2-10-34(11-3-1)43-31-44(37-13-8-12-36(30-37)32-26-28-52-29-27-32)54-51(53-43)35-22-20-33(21-23-35)38-24-25-40(49-42-15-5-7-18-46(42)56-50(38)49)39-16-9-19-47-48(39)41-14-4-6-17-45(41)55-47/h1-31H. The summed E-state index contributed by atoms with van der Waals surface area (Å²) >= 11 is 0. The van der Waals surface area contributed by atoms with Crippen molar-refractivity contribution in [2.24, 2.45) is 0 Å². The van der Waals surface area contributed by atoms with Crippen LogP contribution < -0.4 is 0 Å². The third-order valence-corrected chi connectivity index (χ3v) is 10.6. The molecule has 5 nitrogen and oxygen atoms in total. The van der Waals surface area contributed by atoms with Crippen molar-refractivity contribution in [3.8, 4) is 67.3 Å². The SMILES string of the molecule is c1ccc(-c2cc(-c3cccc(-c4ccncc4)c3)nc(-c3ccc(-c4ccc(-c5cccc6oc7ccccc7c56)c5c4oc4ccccc45)cc3)n2)cc1. The molecule has 0 aliphatic rings. The molecule has 0 radical (unpaired) electrons. The second-order valence-electron chi connectivity index (χ2n) is 14.0. The highest BCUT2D eigenvalue weighted by Gasteiger charge is 2.21. The van der Waals surface area contributed by atoms with E-state index in [0.29, 0.717) is 5.82 Å². The zero-order chi connectivity index (χ0) is 37.0. The average Bonchev–Trinajstić information content (AvgIpc) is 3.86. The summed E-state index contributed by atoms with van der Waals surface area (Å²) in [6.45, 7) is 0. The third-order valence-electron chi connectivity index (χ3n) is 10.6. The maximum Gasteiger partial charge on any atom is 0.160 e. The van der Waals surface area contributed by atoms with Crippen LogP contribution in [0.4, 0.5) is 0 Å². The van der Waals surface area contributed by atoms with E-state index in [4.69, 9.17) is 18.8 Å². The Hall–Kier alpha value is -7.63. The Bertz CT molecular complexity index is 3240. The minimum Gasteiger partial charge on any atom is -0.456 e. The first kappa shape index (κ1) is 31.9. The minimum absolute atomic E-state index is 0.659. The van der Waals surface area contributed by atoms with E-state index in [-0.39, 0.29) is 0 Å². The summed E-state index contributed by atoms with van der Waals surface area (Å²) < 4.78 is 13.0. The normalized spacial score (nSPS) is 11.6. The van der Waals surface area contributed by atoms with E-state index in [2.05, 4.69) is 120 Å². The van der Waals surface area contributed by atoms with E-state index >= 15 is 0 Å². The summed E-state index contributed by atoms with van der Waals surface area (Å²) in [6.07, 6.45) is 3.64. The summed E-state index contributed by atoms with van der Waals surface area (Å²) in [6, 6.07) is 60.6. The van der Waals surface area contributed by atoms with Crippen molar-refractivity contribution in [1.29, 1.82) is 0 Å². The summed E-state index contributed by atoms with van der Waals surface area (Å²) in [4.78, 5) is 14.5. The summed E-state index contributed by atoms with van der Waals surface area (Å²) in [5, 5.41) is 4.36. The van der Waals surface area contributed by atoms with E-state index in [1.54, 1.807) is 0 Å². The number of furan rings is 2. The lowest BCUT2D eigenvalue weighted by Gasteiger charge is -2.12. The molecular weight excluding hydrogens is 687 g/mol. The Morgan fingerprint density at radius 2 is 0.929 bits per heavy atom. The molecular formula is C51H31N3O2. The molecule has 0 atom stereocenters. The molecule has 56 heavy (non-hydrogen) atoms. The number of fused-ring (bicyclic) bond motifs is 6. The molecule has 0 saturated carbocycles. The Kier molecular flexibility index (Phi) is 7.42. The van der Waals surface area contributed by atoms with E-state index in [9.17, 15) is 0 Å². The van der Waals surface area contributed by atoms with Gasteiger partial charge in [0.25, 0.3) is 0 Å². The maximum absolute atomic E-state index is 6.72. The number of hydrogen-bond acceptors (Lipinski definition) is 5. The molecule has 262 valence electrons. The van der Waals surface area contributed by atoms with Crippen LogP contribution in [0.1, 0.15) is 0 Å². The van der Waals surface area contributed by atoms with Crippen LogP contribution in [0.3, 0.4) is 0 Å². The van der Waals surface area contributed by atoms with Crippen LogP contribution in [0.25, 0.3) is 111 Å². The molecule has 11 aromatic rings. The molecule has 0 bridgehead atoms. The number of para-hydroxylation sites is 2. The van der Waals surface area contributed by atoms with E-state index in [1.165, 1.54) is 0 Å². The van der Waals surface area contributed by atoms with Gasteiger partial charge in [-0.1, -0.05) is 127 Å². The number of pyridine rings is 1. The van der Waals surface area contributed by atoms with E-state index in [1.807, 2.05) is 73.1 Å². The minimum atomic E-state index is 0.659. The lowest BCUT2D eigenvalue weighted by molar-refractivity contribution is 0.668. The zero-order valence-corrected chi connectivity index (χ0v) is 30.1. The van der Waals surface area contributed by atoms with Crippen LogP contribution in [-0.2, 0) is 0 Å². The Morgan fingerprint density at radius 3 is 1.73 bits per heavy atom. The van der Waals surface area contributed by atoms with Crippen molar-refractivity contribution >= 4 is 43.9 Å². The van der Waals surface area contributed by atoms with Gasteiger partial charge in [0.15, 0.2) is 5.82 Å². The highest BCUT2D eigenvalue weighted by Crippen LogP contribution is 2.45. The topological polar surface area (TPSA) is 65.0 Å². The first-order valence-electron chi connectivity index (χ1n) is 18.7. The second-order valence-corrected chi connectivity index (χ2v) is 14.0. The Balaban J connectivity index is 1.04. The number of benzene rings is 7. The van der Waals surface area contributed by atoms with Crippen molar-refractivity contribution in [2.75, 3.05) is 0 Å². The van der Waals surface area contributed by atoms with Crippen molar-refractivity contribution < 1.29 is 8.83 Å². The fourth-order valence-corrected chi connectivity index (χ4v) is 7.96. The molecule has 0 aliphatic carbocycles. The van der Waals surface area contributed by atoms with Gasteiger partial charge >= 0.3 is 0 Å². The van der Waals surface area contributed by atoms with Crippen LogP contribution in [0.15, 0.2) is 197 Å². The summed E-state index contributed by atoms with van der Waals surface area (Å²) in [5.74, 6) is 0.659. The molecule has 0 amide bonds. The molecule has 0 N–H and O–H groups in total. The van der Waals surface area contributed by atoms with Crippen LogP contribution in [-0.4, -0.2) is 15.0 Å². The van der Waals surface area contributed by atoms with Crippen molar-refractivity contribution in [1.82, 2.24) is 15.0 Å². The number of rotatable bonds is 6. The quantitative estimate of drug-likeness (QED) is 0.171. The van der Waals surface area contributed by atoms with Gasteiger partial charge in [0.05, 0.1) is 11.4 Å². The Labute approximate surface area is 322 Å². The molecule has 0 unspecified atom stereocenters. The monoisotopic (exact) mass is 717 g/mol. The highest BCUT2D eigenvalue weighted by atomic mass is 16.3. The first-order valence-corrected chi connectivity index (χ1v) is 18.7. The molecule has 0 saturated heterocycles. The van der Waals surface area contributed by atoms with Gasteiger partial charge in [-0.2, -0.15) is 0 Å². The maximum atomic E-state index is 6.72. The summed E-state index contributed by atoms with van der Waals surface area (Å²) in [5.41, 5.74) is 14.6. The first-order chi connectivity index (χ1) is 27.7. The average molecular weight is 718 g/mol. The second kappa shape index (κ2) is 13.0. The largest absolute Gasteiger partial charge is 0.456 e. The molecule has 7 aromatic carbocycles. The molecule has 0 spiro atoms.